The van der Waals surface area contributed by atoms with Gasteiger partial charge in [-0.15, -0.1) is 0 Å². The highest BCUT2D eigenvalue weighted by molar-refractivity contribution is 5.74. The number of carboxylic acid groups (broad SMARTS) is 1. The molecule has 1 aliphatic rings. The summed E-state index contributed by atoms with van der Waals surface area (Å²) in [6, 6.07) is 0.0238. The zero-order valence-corrected chi connectivity index (χ0v) is 13.6. The van der Waals surface area contributed by atoms with E-state index in [0.717, 1.165) is 6.54 Å². The van der Waals surface area contributed by atoms with Gasteiger partial charge in [-0.3, -0.25) is 4.79 Å². The lowest BCUT2D eigenvalue weighted by atomic mass is 9.80. The van der Waals surface area contributed by atoms with Crippen LogP contribution >= 0.6 is 0 Å². The van der Waals surface area contributed by atoms with E-state index < -0.39 is 5.97 Å². The van der Waals surface area contributed by atoms with Crippen LogP contribution < -0.4 is 5.32 Å². The number of carbonyl (C=O) groups is 2. The minimum Gasteiger partial charge on any atom is -0.481 e. The van der Waals surface area contributed by atoms with Crippen molar-refractivity contribution in [3.63, 3.8) is 0 Å². The third-order valence-electron chi connectivity index (χ3n) is 4.48. The monoisotopic (exact) mass is 298 g/mol. The second kappa shape index (κ2) is 8.90. The smallest absolute Gasteiger partial charge is 0.317 e. The van der Waals surface area contributed by atoms with Crippen molar-refractivity contribution < 1.29 is 14.7 Å². The Morgan fingerprint density at radius 1 is 1.29 bits per heavy atom. The first-order valence-corrected chi connectivity index (χ1v) is 8.18. The summed E-state index contributed by atoms with van der Waals surface area (Å²) in [5.74, 6) is 0.449. The fourth-order valence-corrected chi connectivity index (χ4v) is 3.01. The molecule has 5 heteroatoms. The predicted molar refractivity (Wildman–Crippen MR) is 83.2 cm³/mol. The number of nitrogens with one attached hydrogen (secondary N) is 1. The number of hydrogen-bond donors (Lipinski definition) is 2. The van der Waals surface area contributed by atoms with Crippen molar-refractivity contribution in [2.24, 2.45) is 11.8 Å². The maximum Gasteiger partial charge on any atom is 0.317 e. The van der Waals surface area contributed by atoms with Gasteiger partial charge < -0.3 is 15.3 Å². The van der Waals surface area contributed by atoms with Crippen molar-refractivity contribution in [1.29, 1.82) is 0 Å². The van der Waals surface area contributed by atoms with Gasteiger partial charge in [0.25, 0.3) is 0 Å². The Morgan fingerprint density at radius 2 is 1.95 bits per heavy atom. The van der Waals surface area contributed by atoms with E-state index in [1.54, 1.807) is 4.90 Å². The second-order valence-electron chi connectivity index (χ2n) is 6.49. The topological polar surface area (TPSA) is 69.6 Å². The minimum absolute atomic E-state index is 0.0619. The van der Waals surface area contributed by atoms with Gasteiger partial charge >= 0.3 is 12.0 Å². The third kappa shape index (κ3) is 6.36. The fraction of sp³-hybridized carbons (Fsp3) is 0.875. The zero-order chi connectivity index (χ0) is 15.8. The highest BCUT2D eigenvalue weighted by atomic mass is 16.4. The van der Waals surface area contributed by atoms with Gasteiger partial charge in [-0.2, -0.15) is 0 Å². The summed E-state index contributed by atoms with van der Waals surface area (Å²) in [5.41, 5.74) is 0. The summed E-state index contributed by atoms with van der Waals surface area (Å²) in [7, 11) is 0. The van der Waals surface area contributed by atoms with Crippen LogP contribution in [-0.4, -0.2) is 41.1 Å². The quantitative estimate of drug-likeness (QED) is 0.759. The molecule has 2 N–H and O–H groups in total. The largest absolute Gasteiger partial charge is 0.481 e. The van der Waals surface area contributed by atoms with Crippen LogP contribution in [0.3, 0.4) is 0 Å². The van der Waals surface area contributed by atoms with Crippen molar-refractivity contribution in [1.82, 2.24) is 10.2 Å². The first kappa shape index (κ1) is 17.8. The number of hydrogen-bond acceptors (Lipinski definition) is 2. The molecule has 1 saturated carbocycles. The maximum absolute atomic E-state index is 12.3. The van der Waals surface area contributed by atoms with Crippen molar-refractivity contribution in [2.45, 2.75) is 65.3 Å². The van der Waals surface area contributed by atoms with Crippen LogP contribution in [0.2, 0.25) is 0 Å². The minimum atomic E-state index is -0.810. The summed E-state index contributed by atoms with van der Waals surface area (Å²) < 4.78 is 0. The molecule has 0 heterocycles. The van der Waals surface area contributed by atoms with Gasteiger partial charge in [-0.05, 0) is 38.5 Å². The molecule has 1 aliphatic carbocycles. The van der Waals surface area contributed by atoms with Gasteiger partial charge in [0.15, 0.2) is 0 Å². The second-order valence-corrected chi connectivity index (χ2v) is 6.49. The van der Waals surface area contributed by atoms with E-state index in [1.807, 2.05) is 13.8 Å². The van der Waals surface area contributed by atoms with Gasteiger partial charge in [0.2, 0.25) is 0 Å². The first-order chi connectivity index (χ1) is 9.91. The lowest BCUT2D eigenvalue weighted by Crippen LogP contribution is -2.46. The van der Waals surface area contributed by atoms with Gasteiger partial charge in [0.1, 0.15) is 0 Å². The summed E-state index contributed by atoms with van der Waals surface area (Å²) in [6.45, 7) is 7.42. The number of carbonyl (C=O) groups excluding carboxylic acids is 1. The normalized spacial score (nSPS) is 22.1. The van der Waals surface area contributed by atoms with Crippen LogP contribution in [0, 0.1) is 11.8 Å². The number of nitrogens with zero attached hydrogens (tertiary/aromatic N) is 1. The highest BCUT2D eigenvalue weighted by Crippen LogP contribution is 2.28. The molecule has 1 fully saturated rings. The molecule has 122 valence electrons. The molecule has 0 bridgehead atoms. The van der Waals surface area contributed by atoms with Gasteiger partial charge in [-0.1, -0.05) is 26.2 Å². The Kier molecular flexibility index (Phi) is 7.54. The molecule has 0 aromatic heterocycles. The Bertz CT molecular complexity index is 344. The molecule has 0 radical (unpaired) electrons. The fourth-order valence-electron chi connectivity index (χ4n) is 3.01. The van der Waals surface area contributed by atoms with Crippen LogP contribution in [0.4, 0.5) is 4.79 Å². The summed E-state index contributed by atoms with van der Waals surface area (Å²) in [6.07, 6.45) is 5.63. The SMILES string of the molecule is CC1CCCCC1CNC(=O)N(CCCC(=O)O)C(C)C. The Balaban J connectivity index is 2.39. The lowest BCUT2D eigenvalue weighted by Gasteiger charge is -2.31. The molecule has 0 aromatic carbocycles. The molecular formula is C16H30N2O3. The third-order valence-corrected chi connectivity index (χ3v) is 4.48. The summed E-state index contributed by atoms with van der Waals surface area (Å²) in [5, 5.41) is 11.7. The zero-order valence-electron chi connectivity index (χ0n) is 13.6. The van der Waals surface area contributed by atoms with Crippen molar-refractivity contribution >= 4 is 12.0 Å². The molecule has 21 heavy (non-hydrogen) atoms. The number of rotatable bonds is 7. The average Bonchev–Trinajstić information content (AvgIpc) is 2.41. The van der Waals surface area contributed by atoms with Crippen molar-refractivity contribution in [3.8, 4) is 0 Å². The Labute approximate surface area is 128 Å². The van der Waals surface area contributed by atoms with E-state index in [2.05, 4.69) is 12.2 Å². The van der Waals surface area contributed by atoms with E-state index in [4.69, 9.17) is 5.11 Å². The van der Waals surface area contributed by atoms with Gasteiger partial charge in [0.05, 0.1) is 0 Å². The number of carboxylic acids is 1. The van der Waals surface area contributed by atoms with E-state index in [-0.39, 0.29) is 18.5 Å². The molecule has 2 amide bonds. The molecule has 0 spiro atoms. The number of amides is 2. The first-order valence-electron chi connectivity index (χ1n) is 8.18. The van der Waals surface area contributed by atoms with E-state index in [0.29, 0.717) is 24.8 Å². The van der Waals surface area contributed by atoms with E-state index in [1.165, 1.54) is 25.7 Å². The molecule has 0 aromatic rings. The molecule has 2 unspecified atom stereocenters. The summed E-state index contributed by atoms with van der Waals surface area (Å²) in [4.78, 5) is 24.6. The van der Waals surface area contributed by atoms with Crippen LogP contribution in [0.25, 0.3) is 0 Å². The average molecular weight is 298 g/mol. The van der Waals surface area contributed by atoms with Crippen LogP contribution in [0.1, 0.15) is 59.3 Å². The Hall–Kier alpha value is -1.26. The van der Waals surface area contributed by atoms with Crippen molar-refractivity contribution in [2.75, 3.05) is 13.1 Å². The molecule has 2 atom stereocenters. The maximum atomic E-state index is 12.3. The Morgan fingerprint density at radius 3 is 2.52 bits per heavy atom. The molecular weight excluding hydrogens is 268 g/mol. The van der Waals surface area contributed by atoms with Crippen molar-refractivity contribution in [3.05, 3.63) is 0 Å². The predicted octanol–water partition coefficient (Wildman–Crippen LogP) is 3.10. The van der Waals surface area contributed by atoms with Crippen LogP contribution in [0.5, 0.6) is 0 Å². The van der Waals surface area contributed by atoms with Crippen LogP contribution in [0.15, 0.2) is 0 Å². The number of aliphatic carboxylic acids is 1. The molecule has 1 rings (SSSR count). The van der Waals surface area contributed by atoms with Crippen LogP contribution in [-0.2, 0) is 4.79 Å². The highest BCUT2D eigenvalue weighted by Gasteiger charge is 2.23. The lowest BCUT2D eigenvalue weighted by molar-refractivity contribution is -0.137. The van der Waals surface area contributed by atoms with E-state index >= 15 is 0 Å². The molecule has 0 aliphatic heterocycles. The van der Waals surface area contributed by atoms with Gasteiger partial charge in [-0.25, -0.2) is 4.79 Å². The number of urea groups is 1. The molecule has 5 nitrogen and oxygen atoms in total. The standard InChI is InChI=1S/C16H30N2O3/c1-12(2)18(10-6-9-15(19)20)16(21)17-11-14-8-5-4-7-13(14)3/h12-14H,4-11H2,1-3H3,(H,17,21)(H,19,20). The molecule has 0 saturated heterocycles. The summed E-state index contributed by atoms with van der Waals surface area (Å²) >= 11 is 0. The van der Waals surface area contributed by atoms with E-state index in [9.17, 15) is 9.59 Å². The van der Waals surface area contributed by atoms with Gasteiger partial charge in [0, 0.05) is 25.6 Å².